The van der Waals surface area contributed by atoms with Crippen LogP contribution in [0.2, 0.25) is 5.02 Å². The van der Waals surface area contributed by atoms with Crippen LogP contribution in [0.25, 0.3) is 11.0 Å². The fraction of sp³-hybridized carbons (Fsp3) is 0.130. The number of furan rings is 1. The van der Waals surface area contributed by atoms with Crippen LogP contribution >= 0.6 is 27.5 Å². The highest BCUT2D eigenvalue weighted by molar-refractivity contribution is 9.10. The van der Waals surface area contributed by atoms with Gasteiger partial charge in [-0.3, -0.25) is 9.59 Å². The zero-order valence-electron chi connectivity index (χ0n) is 15.8. The number of halogens is 2. The lowest BCUT2D eigenvalue weighted by Crippen LogP contribution is -2.29. The molecule has 0 fully saturated rings. The molecule has 2 aromatic heterocycles. The van der Waals surface area contributed by atoms with Crippen LogP contribution in [0.15, 0.2) is 72.9 Å². The van der Waals surface area contributed by atoms with Crippen LogP contribution in [0.5, 0.6) is 0 Å². The number of carbonyl (C=O) groups is 1. The summed E-state index contributed by atoms with van der Waals surface area (Å²) >= 11 is 9.74. The monoisotopic (exact) mass is 483 g/mol. The Morgan fingerprint density at radius 1 is 1.13 bits per heavy atom. The molecular formula is C23H15BrClNO4. The fourth-order valence-corrected chi connectivity index (χ4v) is 4.48. The van der Waals surface area contributed by atoms with Gasteiger partial charge in [0.2, 0.25) is 5.76 Å². The lowest BCUT2D eigenvalue weighted by atomic mass is 9.98. The lowest BCUT2D eigenvalue weighted by molar-refractivity contribution is 0.0701. The van der Waals surface area contributed by atoms with Crippen molar-refractivity contribution in [3.63, 3.8) is 0 Å². The van der Waals surface area contributed by atoms with Crippen molar-refractivity contribution < 1.29 is 13.6 Å². The van der Waals surface area contributed by atoms with Gasteiger partial charge in [-0.25, -0.2) is 0 Å². The van der Waals surface area contributed by atoms with E-state index in [0.717, 1.165) is 15.6 Å². The Labute approximate surface area is 185 Å². The average molecular weight is 485 g/mol. The van der Waals surface area contributed by atoms with Gasteiger partial charge in [0.05, 0.1) is 29.8 Å². The summed E-state index contributed by atoms with van der Waals surface area (Å²) in [6.45, 7) is 2.03. The number of aryl methyl sites for hydroxylation is 1. The number of rotatable bonds is 3. The van der Waals surface area contributed by atoms with Crippen molar-refractivity contribution in [2.75, 3.05) is 0 Å². The van der Waals surface area contributed by atoms with Crippen molar-refractivity contribution in [3.8, 4) is 0 Å². The third kappa shape index (κ3) is 2.99. The van der Waals surface area contributed by atoms with Crippen molar-refractivity contribution in [3.05, 3.63) is 103 Å². The summed E-state index contributed by atoms with van der Waals surface area (Å²) in [5, 5.41) is 0.836. The SMILES string of the molecule is Cc1cc2oc3c(c(=O)c2cc1Cl)C(c1cccc(Br)c1)N(Cc1ccco1)C3=O. The lowest BCUT2D eigenvalue weighted by Gasteiger charge is -2.24. The van der Waals surface area contributed by atoms with E-state index in [4.69, 9.17) is 20.4 Å². The number of fused-ring (bicyclic) bond motifs is 2. The first kappa shape index (κ1) is 19.2. The molecule has 2 aromatic carbocycles. The molecule has 0 N–H and O–H groups in total. The number of nitrogens with zero attached hydrogens (tertiary/aromatic N) is 1. The van der Waals surface area contributed by atoms with Gasteiger partial charge >= 0.3 is 0 Å². The highest BCUT2D eigenvalue weighted by Gasteiger charge is 2.43. The van der Waals surface area contributed by atoms with E-state index in [2.05, 4.69) is 15.9 Å². The Morgan fingerprint density at radius 3 is 2.70 bits per heavy atom. The molecule has 1 amide bonds. The summed E-state index contributed by atoms with van der Waals surface area (Å²) in [6.07, 6.45) is 1.56. The summed E-state index contributed by atoms with van der Waals surface area (Å²) in [6, 6.07) is 13.8. The number of hydrogen-bond donors (Lipinski definition) is 0. The first-order valence-electron chi connectivity index (χ1n) is 9.29. The first-order valence-corrected chi connectivity index (χ1v) is 10.5. The molecule has 0 saturated heterocycles. The van der Waals surface area contributed by atoms with Gasteiger partial charge in [-0.1, -0.05) is 39.7 Å². The van der Waals surface area contributed by atoms with Gasteiger partial charge in [0.25, 0.3) is 5.91 Å². The molecule has 7 heteroatoms. The predicted octanol–water partition coefficient (Wildman–Crippen LogP) is 5.86. The Morgan fingerprint density at radius 2 is 1.97 bits per heavy atom. The molecule has 30 heavy (non-hydrogen) atoms. The summed E-state index contributed by atoms with van der Waals surface area (Å²) in [4.78, 5) is 28.5. The number of carbonyl (C=O) groups excluding carboxylic acids is 1. The third-order valence-electron chi connectivity index (χ3n) is 5.32. The second-order valence-corrected chi connectivity index (χ2v) is 8.56. The molecule has 5 nitrogen and oxygen atoms in total. The maximum absolute atomic E-state index is 13.5. The van der Waals surface area contributed by atoms with E-state index in [-0.39, 0.29) is 23.6 Å². The molecule has 1 unspecified atom stereocenters. The largest absolute Gasteiger partial charge is 0.467 e. The van der Waals surface area contributed by atoms with Gasteiger partial charge in [-0.05, 0) is 54.4 Å². The molecule has 1 aliphatic heterocycles. The minimum atomic E-state index is -0.601. The van der Waals surface area contributed by atoms with E-state index >= 15 is 0 Å². The zero-order chi connectivity index (χ0) is 21.0. The topological polar surface area (TPSA) is 63.7 Å². The van der Waals surface area contributed by atoms with E-state index in [0.29, 0.717) is 27.3 Å². The van der Waals surface area contributed by atoms with E-state index in [1.807, 2.05) is 31.2 Å². The van der Waals surface area contributed by atoms with Gasteiger partial charge in [0.15, 0.2) is 5.43 Å². The Hall–Kier alpha value is -2.83. The smallest absolute Gasteiger partial charge is 0.291 e. The number of amides is 1. The van der Waals surface area contributed by atoms with Gasteiger partial charge < -0.3 is 13.7 Å². The van der Waals surface area contributed by atoms with Crippen LogP contribution in [0.4, 0.5) is 0 Å². The Bertz CT molecular complexity index is 1360. The highest BCUT2D eigenvalue weighted by atomic mass is 79.9. The normalized spacial score (nSPS) is 15.8. The average Bonchev–Trinajstić information content (AvgIpc) is 3.32. The molecule has 4 aromatic rings. The molecule has 3 heterocycles. The molecule has 1 atom stereocenters. The van der Waals surface area contributed by atoms with E-state index in [1.54, 1.807) is 35.4 Å². The van der Waals surface area contributed by atoms with Crippen LogP contribution in [-0.4, -0.2) is 10.8 Å². The van der Waals surface area contributed by atoms with Crippen molar-refractivity contribution in [1.29, 1.82) is 0 Å². The quantitative estimate of drug-likeness (QED) is 0.366. The van der Waals surface area contributed by atoms with Gasteiger partial charge in [0, 0.05) is 9.50 Å². The fourth-order valence-electron chi connectivity index (χ4n) is 3.90. The van der Waals surface area contributed by atoms with Crippen LogP contribution < -0.4 is 5.43 Å². The Kier molecular flexibility index (Phi) is 4.56. The van der Waals surface area contributed by atoms with Crippen molar-refractivity contribution in [2.45, 2.75) is 19.5 Å². The van der Waals surface area contributed by atoms with Crippen molar-refractivity contribution >= 4 is 44.4 Å². The summed E-state index contributed by atoms with van der Waals surface area (Å²) in [5.41, 5.74) is 1.98. The zero-order valence-corrected chi connectivity index (χ0v) is 18.2. The molecule has 0 radical (unpaired) electrons. The van der Waals surface area contributed by atoms with Crippen LogP contribution in [0.3, 0.4) is 0 Å². The summed E-state index contributed by atoms with van der Waals surface area (Å²) in [7, 11) is 0. The van der Waals surface area contributed by atoms with E-state index < -0.39 is 6.04 Å². The van der Waals surface area contributed by atoms with Gasteiger partial charge in [-0.2, -0.15) is 0 Å². The minimum Gasteiger partial charge on any atom is -0.467 e. The minimum absolute atomic E-state index is 0.0609. The molecule has 0 saturated carbocycles. The third-order valence-corrected chi connectivity index (χ3v) is 6.22. The number of benzene rings is 2. The first-order chi connectivity index (χ1) is 14.4. The van der Waals surface area contributed by atoms with Crippen molar-refractivity contribution in [1.82, 2.24) is 4.90 Å². The summed E-state index contributed by atoms with van der Waals surface area (Å²) in [5.74, 6) is 0.329. The maximum atomic E-state index is 13.5. The molecule has 0 spiro atoms. The molecule has 0 aliphatic carbocycles. The van der Waals surface area contributed by atoms with Crippen molar-refractivity contribution in [2.24, 2.45) is 0 Å². The second-order valence-electron chi connectivity index (χ2n) is 7.24. The molecule has 1 aliphatic rings. The van der Waals surface area contributed by atoms with Crippen LogP contribution in [0.1, 0.15) is 39.0 Å². The molecule has 5 rings (SSSR count). The predicted molar refractivity (Wildman–Crippen MR) is 117 cm³/mol. The summed E-state index contributed by atoms with van der Waals surface area (Å²) < 4.78 is 12.3. The Balaban J connectivity index is 1.77. The van der Waals surface area contributed by atoms with Gasteiger partial charge in [0.1, 0.15) is 11.3 Å². The second kappa shape index (κ2) is 7.15. The van der Waals surface area contributed by atoms with E-state index in [9.17, 15) is 9.59 Å². The molecule has 0 bridgehead atoms. The van der Waals surface area contributed by atoms with Crippen LogP contribution in [0, 0.1) is 6.92 Å². The molecule has 150 valence electrons. The van der Waals surface area contributed by atoms with Crippen LogP contribution in [-0.2, 0) is 6.54 Å². The number of hydrogen-bond acceptors (Lipinski definition) is 4. The van der Waals surface area contributed by atoms with E-state index in [1.165, 1.54) is 0 Å². The molecular weight excluding hydrogens is 470 g/mol. The highest BCUT2D eigenvalue weighted by Crippen LogP contribution is 2.40. The van der Waals surface area contributed by atoms with Gasteiger partial charge in [-0.15, -0.1) is 0 Å². The maximum Gasteiger partial charge on any atom is 0.291 e. The standard InChI is InChI=1S/C23H15BrClNO4/c1-12-8-18-16(10-17(12)25)21(27)19-20(13-4-2-5-14(24)9-13)26(23(28)22(19)30-18)11-15-6-3-7-29-15/h2-10,20H,11H2,1H3.